The molecule has 0 radical (unpaired) electrons. The molecule has 9 heteroatoms. The Morgan fingerprint density at radius 3 is 2.66 bits per heavy atom. The number of amides is 2. The van der Waals surface area contributed by atoms with Gasteiger partial charge in [-0.2, -0.15) is 11.8 Å². The minimum atomic E-state index is -0.503. The maximum absolute atomic E-state index is 12.9. The third kappa shape index (κ3) is 6.01. The van der Waals surface area contributed by atoms with Crippen molar-refractivity contribution in [3.05, 3.63) is 24.3 Å². The Bertz CT molecular complexity index is 697. The summed E-state index contributed by atoms with van der Waals surface area (Å²) in [6.45, 7) is 3.99. The second kappa shape index (κ2) is 10.7. The van der Waals surface area contributed by atoms with Crippen LogP contribution in [0.2, 0.25) is 0 Å². The number of rotatable bonds is 8. The third-order valence-corrected chi connectivity index (χ3v) is 5.79. The summed E-state index contributed by atoms with van der Waals surface area (Å²) in [6, 6.07) is 7.19. The first-order valence-electron chi connectivity index (χ1n) is 9.98. The predicted molar refractivity (Wildman–Crippen MR) is 113 cm³/mol. The number of ether oxygens (including phenoxy) is 2. The van der Waals surface area contributed by atoms with Crippen molar-refractivity contribution >= 4 is 23.6 Å². The Hall–Kier alpha value is -1.97. The number of carbonyl (C=O) groups excluding carboxylic acids is 2. The fourth-order valence-corrected chi connectivity index (χ4v) is 4.03. The van der Waals surface area contributed by atoms with E-state index in [9.17, 15) is 9.59 Å². The average Bonchev–Trinajstić information content (AvgIpc) is 2.76. The van der Waals surface area contributed by atoms with Gasteiger partial charge in [0.15, 0.2) is 11.5 Å². The summed E-state index contributed by atoms with van der Waals surface area (Å²) in [5.41, 5.74) is 5.39. The summed E-state index contributed by atoms with van der Waals surface area (Å²) in [5.74, 6) is 2.06. The van der Waals surface area contributed by atoms with E-state index in [0.717, 1.165) is 36.9 Å². The van der Waals surface area contributed by atoms with Crippen LogP contribution >= 0.6 is 11.8 Å². The molecule has 29 heavy (non-hydrogen) atoms. The summed E-state index contributed by atoms with van der Waals surface area (Å²) in [6.07, 6.45) is 2.57. The second-order valence-electron chi connectivity index (χ2n) is 7.23. The van der Waals surface area contributed by atoms with E-state index in [-0.39, 0.29) is 24.5 Å². The third-order valence-electron chi connectivity index (χ3n) is 5.14. The first-order chi connectivity index (χ1) is 14.1. The molecule has 2 unspecified atom stereocenters. The molecule has 1 fully saturated rings. The molecule has 2 aliphatic rings. The van der Waals surface area contributed by atoms with Crippen molar-refractivity contribution in [1.82, 2.24) is 15.1 Å². The zero-order valence-electron chi connectivity index (χ0n) is 16.8. The molecule has 0 spiro atoms. The first kappa shape index (κ1) is 21.7. The van der Waals surface area contributed by atoms with E-state index < -0.39 is 6.04 Å². The van der Waals surface area contributed by atoms with Crippen molar-refractivity contribution in [2.24, 2.45) is 5.73 Å². The maximum atomic E-state index is 12.9. The molecule has 3 N–H and O–H groups in total. The lowest BCUT2D eigenvalue weighted by atomic mass is 10.1. The number of nitrogens with zero attached hydrogens (tertiary/aromatic N) is 2. The van der Waals surface area contributed by atoms with Crippen molar-refractivity contribution in [1.29, 1.82) is 0 Å². The average molecular weight is 423 g/mol. The van der Waals surface area contributed by atoms with Crippen LogP contribution in [0.25, 0.3) is 0 Å². The van der Waals surface area contributed by atoms with Crippen LogP contribution in [0.3, 0.4) is 0 Å². The van der Waals surface area contributed by atoms with E-state index in [1.165, 1.54) is 0 Å². The van der Waals surface area contributed by atoms with Gasteiger partial charge in [-0.1, -0.05) is 12.1 Å². The van der Waals surface area contributed by atoms with Gasteiger partial charge in [0, 0.05) is 32.7 Å². The molecule has 2 aliphatic heterocycles. The number of hydrogen-bond donors (Lipinski definition) is 2. The maximum Gasteiger partial charge on any atom is 0.245 e. The van der Waals surface area contributed by atoms with Gasteiger partial charge in [0.1, 0.15) is 18.8 Å². The molecule has 0 aliphatic carbocycles. The van der Waals surface area contributed by atoms with E-state index in [4.69, 9.17) is 15.2 Å². The Balaban J connectivity index is 1.47. The lowest BCUT2D eigenvalue weighted by Gasteiger charge is -2.38. The van der Waals surface area contributed by atoms with Gasteiger partial charge in [0.05, 0.1) is 6.54 Å². The van der Waals surface area contributed by atoms with Crippen molar-refractivity contribution in [3.8, 4) is 11.5 Å². The number of piperazine rings is 1. The number of benzene rings is 1. The summed E-state index contributed by atoms with van der Waals surface area (Å²) in [4.78, 5) is 28.7. The van der Waals surface area contributed by atoms with E-state index in [1.54, 1.807) is 11.8 Å². The van der Waals surface area contributed by atoms with Crippen LogP contribution in [-0.4, -0.2) is 91.6 Å². The Morgan fingerprint density at radius 1 is 1.24 bits per heavy atom. The van der Waals surface area contributed by atoms with Crippen LogP contribution in [0.5, 0.6) is 11.5 Å². The molecule has 1 aromatic rings. The normalized spacial score (nSPS) is 20.2. The highest BCUT2D eigenvalue weighted by Gasteiger charge is 2.30. The summed E-state index contributed by atoms with van der Waals surface area (Å²) < 4.78 is 11.8. The topological polar surface area (TPSA) is 97.1 Å². The smallest absolute Gasteiger partial charge is 0.245 e. The van der Waals surface area contributed by atoms with E-state index in [2.05, 4.69) is 10.2 Å². The molecule has 2 heterocycles. The molecule has 0 aromatic heterocycles. The zero-order valence-corrected chi connectivity index (χ0v) is 17.7. The number of nitrogens with one attached hydrogen (secondary N) is 1. The van der Waals surface area contributed by atoms with Crippen molar-refractivity contribution < 1.29 is 19.1 Å². The quantitative estimate of drug-likeness (QED) is 0.616. The minimum absolute atomic E-state index is 0.0216. The highest BCUT2D eigenvalue weighted by atomic mass is 32.2. The fraction of sp³-hybridized carbons (Fsp3) is 0.600. The molecule has 2 atom stereocenters. The summed E-state index contributed by atoms with van der Waals surface area (Å²) in [7, 11) is 0. The van der Waals surface area contributed by atoms with Crippen LogP contribution < -0.4 is 20.5 Å². The molecule has 160 valence electrons. The van der Waals surface area contributed by atoms with E-state index in [0.29, 0.717) is 26.1 Å². The Morgan fingerprint density at radius 2 is 1.97 bits per heavy atom. The molecule has 0 saturated carbocycles. The largest absolute Gasteiger partial charge is 0.486 e. The molecular formula is C20H30N4O4S. The Kier molecular flexibility index (Phi) is 8.02. The minimum Gasteiger partial charge on any atom is -0.486 e. The number of carbonyl (C=O) groups is 2. The van der Waals surface area contributed by atoms with Gasteiger partial charge in [-0.15, -0.1) is 0 Å². The molecule has 0 bridgehead atoms. The standard InChI is InChI=1S/C20H30N4O4S/c1-29-11-6-16(22-19(25)12-21)20(26)24-9-7-23(8-10-24)13-15-14-27-17-4-2-3-5-18(17)28-15/h2-5,15-16H,6-14,21H2,1H3,(H,22,25). The second-order valence-corrected chi connectivity index (χ2v) is 8.21. The highest BCUT2D eigenvalue weighted by Crippen LogP contribution is 2.31. The monoisotopic (exact) mass is 422 g/mol. The number of nitrogens with two attached hydrogens (primary N) is 1. The molecule has 1 aromatic carbocycles. The van der Waals surface area contributed by atoms with Crippen LogP contribution in [0.1, 0.15) is 6.42 Å². The SMILES string of the molecule is CSCCC(NC(=O)CN)C(=O)N1CCN(CC2COc3ccccc3O2)CC1. The van der Waals surface area contributed by atoms with Crippen LogP contribution in [0.4, 0.5) is 0 Å². The van der Waals surface area contributed by atoms with Gasteiger partial charge in [0.2, 0.25) is 11.8 Å². The van der Waals surface area contributed by atoms with Crippen LogP contribution in [0.15, 0.2) is 24.3 Å². The highest BCUT2D eigenvalue weighted by molar-refractivity contribution is 7.98. The number of hydrogen-bond acceptors (Lipinski definition) is 7. The lowest BCUT2D eigenvalue weighted by Crippen LogP contribution is -2.56. The molecule has 3 rings (SSSR count). The van der Waals surface area contributed by atoms with Gasteiger partial charge in [-0.25, -0.2) is 0 Å². The summed E-state index contributed by atoms with van der Waals surface area (Å²) in [5, 5.41) is 2.77. The number of thioether (sulfide) groups is 1. The van der Waals surface area contributed by atoms with E-state index in [1.807, 2.05) is 35.4 Å². The van der Waals surface area contributed by atoms with Gasteiger partial charge < -0.3 is 25.4 Å². The van der Waals surface area contributed by atoms with Crippen molar-refractivity contribution in [3.63, 3.8) is 0 Å². The van der Waals surface area contributed by atoms with Gasteiger partial charge in [-0.3, -0.25) is 14.5 Å². The number of fused-ring (bicyclic) bond motifs is 1. The Labute approximate surface area is 176 Å². The predicted octanol–water partition coefficient (Wildman–Crippen LogP) is 0.167. The van der Waals surface area contributed by atoms with Gasteiger partial charge >= 0.3 is 0 Å². The van der Waals surface area contributed by atoms with Gasteiger partial charge in [-0.05, 0) is 30.6 Å². The molecule has 1 saturated heterocycles. The first-order valence-corrected chi connectivity index (χ1v) is 11.4. The van der Waals surface area contributed by atoms with Crippen LogP contribution in [-0.2, 0) is 9.59 Å². The van der Waals surface area contributed by atoms with Crippen LogP contribution in [0, 0.1) is 0 Å². The van der Waals surface area contributed by atoms with Gasteiger partial charge in [0.25, 0.3) is 0 Å². The number of para-hydroxylation sites is 2. The molecular weight excluding hydrogens is 392 g/mol. The zero-order chi connectivity index (χ0) is 20.6. The fourth-order valence-electron chi connectivity index (χ4n) is 3.56. The van der Waals surface area contributed by atoms with E-state index >= 15 is 0 Å². The van der Waals surface area contributed by atoms with Crippen molar-refractivity contribution in [2.45, 2.75) is 18.6 Å². The molecule has 8 nitrogen and oxygen atoms in total. The van der Waals surface area contributed by atoms with Crippen molar-refractivity contribution in [2.75, 3.05) is 57.9 Å². The summed E-state index contributed by atoms with van der Waals surface area (Å²) >= 11 is 1.66. The lowest BCUT2D eigenvalue weighted by molar-refractivity contribution is -0.138. The molecule has 2 amide bonds.